The monoisotopic (exact) mass is 453 g/mol. The fourth-order valence-corrected chi connectivity index (χ4v) is 4.18. The molecule has 4 rings (SSSR count). The Bertz CT molecular complexity index is 1480. The second-order valence-corrected chi connectivity index (χ2v) is 9.04. The van der Waals surface area contributed by atoms with Crippen LogP contribution < -0.4 is 4.74 Å². The van der Waals surface area contributed by atoms with Gasteiger partial charge < -0.3 is 4.74 Å². The molecule has 9 heteroatoms. The maximum Gasteiger partial charge on any atom is 0.176 e. The zero-order chi connectivity index (χ0) is 22.2. The van der Waals surface area contributed by atoms with Gasteiger partial charge in [0.25, 0.3) is 0 Å². The van der Waals surface area contributed by atoms with Gasteiger partial charge >= 0.3 is 0 Å². The van der Waals surface area contributed by atoms with Crippen LogP contribution in [0.1, 0.15) is 5.56 Å². The molecular weight excluding hydrogens is 441 g/mol. The zero-order valence-corrected chi connectivity index (χ0v) is 17.6. The van der Waals surface area contributed by atoms with E-state index >= 15 is 0 Å². The van der Waals surface area contributed by atoms with Gasteiger partial charge in [0.05, 0.1) is 26.7 Å². The van der Waals surface area contributed by atoms with Gasteiger partial charge in [-0.1, -0.05) is 23.7 Å². The van der Waals surface area contributed by atoms with E-state index in [4.69, 9.17) is 21.6 Å². The molecule has 0 spiro atoms. The summed E-state index contributed by atoms with van der Waals surface area (Å²) < 4.78 is 44.4. The molecule has 0 unspecified atom stereocenters. The Kier molecular flexibility index (Phi) is 5.31. The Morgan fingerprint density at radius 2 is 1.81 bits per heavy atom. The van der Waals surface area contributed by atoms with E-state index in [1.54, 1.807) is 18.2 Å². The molecule has 0 bridgehead atoms. The van der Waals surface area contributed by atoms with Gasteiger partial charge in [0, 0.05) is 23.3 Å². The van der Waals surface area contributed by atoms with Crippen molar-refractivity contribution in [2.24, 2.45) is 0 Å². The fraction of sp³-hybridized carbons (Fsp3) is 0.0455. The first-order valence-corrected chi connectivity index (χ1v) is 11.2. The Hall–Kier alpha value is -3.54. The van der Waals surface area contributed by atoms with Crippen LogP contribution in [0.5, 0.6) is 11.5 Å². The van der Waals surface area contributed by atoms with Gasteiger partial charge in [-0.05, 0) is 36.4 Å². The lowest BCUT2D eigenvalue weighted by atomic mass is 10.1. The molecule has 1 aromatic heterocycles. The van der Waals surface area contributed by atoms with Crippen molar-refractivity contribution in [2.45, 2.75) is 4.90 Å². The third-order valence-corrected chi connectivity index (χ3v) is 5.96. The van der Waals surface area contributed by atoms with Gasteiger partial charge in [-0.2, -0.15) is 5.26 Å². The van der Waals surface area contributed by atoms with Gasteiger partial charge in [0.2, 0.25) is 0 Å². The highest BCUT2D eigenvalue weighted by atomic mass is 35.5. The smallest absolute Gasteiger partial charge is 0.176 e. The van der Waals surface area contributed by atoms with Gasteiger partial charge in [0.1, 0.15) is 29.7 Å². The number of rotatable bonds is 4. The first kappa shape index (κ1) is 20.7. The number of halogens is 2. The first-order valence-electron chi connectivity index (χ1n) is 8.89. The lowest BCUT2D eigenvalue weighted by Crippen LogP contribution is -2.01. The van der Waals surface area contributed by atoms with Crippen molar-refractivity contribution in [1.29, 1.82) is 5.26 Å². The van der Waals surface area contributed by atoms with Crippen LogP contribution >= 0.6 is 11.6 Å². The van der Waals surface area contributed by atoms with E-state index in [2.05, 4.69) is 9.97 Å². The van der Waals surface area contributed by atoms with Crippen molar-refractivity contribution < 1.29 is 17.5 Å². The van der Waals surface area contributed by atoms with Crippen LogP contribution in [0.15, 0.2) is 65.8 Å². The van der Waals surface area contributed by atoms with E-state index in [1.165, 1.54) is 42.7 Å². The molecule has 4 aromatic rings. The van der Waals surface area contributed by atoms with Crippen LogP contribution in [0.25, 0.3) is 22.2 Å². The molecule has 6 nitrogen and oxygen atoms in total. The molecule has 0 saturated carbocycles. The second kappa shape index (κ2) is 7.95. The summed E-state index contributed by atoms with van der Waals surface area (Å²) in [5.74, 6) is -0.0779. The van der Waals surface area contributed by atoms with Gasteiger partial charge in [-0.25, -0.2) is 22.8 Å². The largest absolute Gasteiger partial charge is 0.457 e. The molecule has 0 radical (unpaired) electrons. The number of sulfone groups is 1. The molecule has 154 valence electrons. The Labute approximate surface area is 182 Å². The highest BCUT2D eigenvalue weighted by Crippen LogP contribution is 2.34. The van der Waals surface area contributed by atoms with Crippen molar-refractivity contribution in [3.8, 4) is 28.8 Å². The normalized spacial score (nSPS) is 11.3. The van der Waals surface area contributed by atoms with E-state index in [-0.39, 0.29) is 27.5 Å². The lowest BCUT2D eigenvalue weighted by molar-refractivity contribution is 0.479. The second-order valence-electron chi connectivity index (χ2n) is 6.64. The average molecular weight is 454 g/mol. The van der Waals surface area contributed by atoms with Gasteiger partial charge in [-0.3, -0.25) is 0 Å². The Morgan fingerprint density at radius 1 is 1.06 bits per heavy atom. The predicted octanol–water partition coefficient (Wildman–Crippen LogP) is 5.16. The van der Waals surface area contributed by atoms with Crippen molar-refractivity contribution in [2.75, 3.05) is 6.26 Å². The van der Waals surface area contributed by atoms with Crippen molar-refractivity contribution in [1.82, 2.24) is 9.97 Å². The molecule has 0 saturated heterocycles. The molecule has 0 atom stereocenters. The molecule has 1 heterocycles. The number of hydrogen-bond acceptors (Lipinski definition) is 6. The summed E-state index contributed by atoms with van der Waals surface area (Å²) in [6, 6.07) is 15.2. The Morgan fingerprint density at radius 3 is 2.55 bits per heavy atom. The topological polar surface area (TPSA) is 92.9 Å². The molecule has 31 heavy (non-hydrogen) atoms. The highest BCUT2D eigenvalue weighted by molar-refractivity contribution is 7.90. The predicted molar refractivity (Wildman–Crippen MR) is 114 cm³/mol. The SMILES string of the molecule is CS(=O)(=O)c1cc(Oc2ccc(F)c(-c3ncnc4c(Cl)cccc34)c2)ccc1C#N. The van der Waals surface area contributed by atoms with Crippen LogP contribution in [0.3, 0.4) is 0 Å². The van der Waals surface area contributed by atoms with Gasteiger partial charge in [0.15, 0.2) is 9.84 Å². The van der Waals surface area contributed by atoms with Gasteiger partial charge in [-0.15, -0.1) is 0 Å². The van der Waals surface area contributed by atoms with Crippen LogP contribution in [0.2, 0.25) is 5.02 Å². The van der Waals surface area contributed by atoms with E-state index in [1.807, 2.05) is 6.07 Å². The standard InChI is InChI=1S/C22H13ClFN3O3S/c1-31(28,29)20-10-15(6-5-13(20)11-25)30-14-7-8-19(24)17(9-14)21-16-3-2-4-18(23)22(16)27-12-26-21/h2-10,12H,1H3. The molecule has 0 fully saturated rings. The number of benzene rings is 3. The number of fused-ring (bicyclic) bond motifs is 1. The van der Waals surface area contributed by atoms with E-state index in [0.29, 0.717) is 21.6 Å². The van der Waals surface area contributed by atoms with E-state index in [9.17, 15) is 12.8 Å². The summed E-state index contributed by atoms with van der Waals surface area (Å²) in [4.78, 5) is 8.22. The summed E-state index contributed by atoms with van der Waals surface area (Å²) in [5, 5.41) is 10.1. The van der Waals surface area contributed by atoms with Crippen molar-refractivity contribution >= 4 is 32.3 Å². The molecule has 0 N–H and O–H groups in total. The highest BCUT2D eigenvalue weighted by Gasteiger charge is 2.17. The number of aromatic nitrogens is 2. The molecule has 0 amide bonds. The first-order chi connectivity index (χ1) is 14.8. The summed E-state index contributed by atoms with van der Waals surface area (Å²) >= 11 is 6.19. The van der Waals surface area contributed by atoms with Crippen LogP contribution in [0.4, 0.5) is 4.39 Å². The minimum Gasteiger partial charge on any atom is -0.457 e. The number of ether oxygens (including phenoxy) is 1. The Balaban J connectivity index is 1.79. The van der Waals surface area contributed by atoms with E-state index < -0.39 is 15.7 Å². The summed E-state index contributed by atoms with van der Waals surface area (Å²) in [6.45, 7) is 0. The number of para-hydroxylation sites is 1. The summed E-state index contributed by atoms with van der Waals surface area (Å²) in [7, 11) is -3.64. The average Bonchev–Trinajstić information content (AvgIpc) is 2.74. The van der Waals surface area contributed by atoms with Crippen LogP contribution in [0, 0.1) is 17.1 Å². The molecule has 0 aliphatic rings. The van der Waals surface area contributed by atoms with Crippen LogP contribution in [-0.2, 0) is 9.84 Å². The minimum atomic E-state index is -3.64. The summed E-state index contributed by atoms with van der Waals surface area (Å²) in [6.07, 6.45) is 2.31. The lowest BCUT2D eigenvalue weighted by Gasteiger charge is -2.11. The van der Waals surface area contributed by atoms with Crippen LogP contribution in [-0.4, -0.2) is 24.6 Å². The fourth-order valence-electron chi connectivity index (χ4n) is 3.12. The maximum atomic E-state index is 14.7. The third-order valence-electron chi connectivity index (χ3n) is 4.52. The molecule has 0 aliphatic heterocycles. The van der Waals surface area contributed by atoms with Crippen molar-refractivity contribution in [3.05, 3.63) is 77.3 Å². The summed E-state index contributed by atoms with van der Waals surface area (Å²) in [5.41, 5.74) is 1.01. The van der Waals surface area contributed by atoms with E-state index in [0.717, 1.165) is 6.26 Å². The minimum absolute atomic E-state index is 0.0129. The number of nitriles is 1. The van der Waals surface area contributed by atoms with Crippen molar-refractivity contribution in [3.63, 3.8) is 0 Å². The molecular formula is C22H13ClFN3O3S. The third kappa shape index (κ3) is 4.06. The zero-order valence-electron chi connectivity index (χ0n) is 16.0. The molecule has 3 aromatic carbocycles. The number of nitrogens with zero attached hydrogens (tertiary/aromatic N) is 3. The molecule has 0 aliphatic carbocycles. The number of hydrogen-bond donors (Lipinski definition) is 0. The maximum absolute atomic E-state index is 14.7. The quantitative estimate of drug-likeness (QED) is 0.424.